The van der Waals surface area contributed by atoms with E-state index in [0.29, 0.717) is 4.88 Å². The minimum atomic E-state index is -0.374. The average Bonchev–Trinajstić information content (AvgIpc) is 2.96. The highest BCUT2D eigenvalue weighted by Crippen LogP contribution is 2.27. The molecular formula is C18H23NO3S. The smallest absolute Gasteiger partial charge is 0.264 e. The van der Waals surface area contributed by atoms with Crippen LogP contribution < -0.4 is 4.74 Å². The summed E-state index contributed by atoms with van der Waals surface area (Å²) in [5, 5.41) is 9.76. The lowest BCUT2D eigenvalue weighted by Gasteiger charge is -2.26. The second-order valence-corrected chi connectivity index (χ2v) is 6.59. The van der Waals surface area contributed by atoms with Crippen LogP contribution in [0.3, 0.4) is 0 Å². The molecule has 1 heterocycles. The number of rotatable bonds is 6. The number of benzene rings is 1. The van der Waals surface area contributed by atoms with Crippen molar-refractivity contribution in [1.29, 1.82) is 0 Å². The monoisotopic (exact) mass is 333 g/mol. The summed E-state index contributed by atoms with van der Waals surface area (Å²) in [6.45, 7) is 3.99. The van der Waals surface area contributed by atoms with E-state index in [1.54, 1.807) is 19.1 Å². The summed E-state index contributed by atoms with van der Waals surface area (Å²) >= 11 is 1.53. The topological polar surface area (TPSA) is 49.8 Å². The summed E-state index contributed by atoms with van der Waals surface area (Å²) in [5.74, 6) is 0.688. The third-order valence-electron chi connectivity index (χ3n) is 4.01. The van der Waals surface area contributed by atoms with E-state index in [0.717, 1.165) is 23.3 Å². The fourth-order valence-corrected chi connectivity index (χ4v) is 3.67. The van der Waals surface area contributed by atoms with E-state index >= 15 is 0 Å². The third-order valence-corrected chi connectivity index (χ3v) is 5.38. The van der Waals surface area contributed by atoms with Gasteiger partial charge in [-0.3, -0.25) is 4.79 Å². The summed E-state index contributed by atoms with van der Waals surface area (Å²) in [4.78, 5) is 16.3. The van der Waals surface area contributed by atoms with Gasteiger partial charge in [0.1, 0.15) is 5.75 Å². The van der Waals surface area contributed by atoms with Gasteiger partial charge in [-0.2, -0.15) is 0 Å². The second kappa shape index (κ2) is 7.62. The molecule has 0 radical (unpaired) electrons. The standard InChI is InChI=1S/C18H23NO3S/c1-5-16-12(2)10-17(23-16)18(21)19(3)15(11-20)13-6-8-14(22-4)9-7-13/h6-10,15,20H,5,11H2,1-4H3. The van der Waals surface area contributed by atoms with Crippen LogP contribution in [0.15, 0.2) is 30.3 Å². The highest BCUT2D eigenvalue weighted by molar-refractivity contribution is 7.14. The number of amides is 1. The Morgan fingerprint density at radius 3 is 2.48 bits per heavy atom. The lowest BCUT2D eigenvalue weighted by molar-refractivity contribution is 0.0663. The lowest BCUT2D eigenvalue weighted by Crippen LogP contribution is -2.32. The Morgan fingerprint density at radius 2 is 2.00 bits per heavy atom. The zero-order chi connectivity index (χ0) is 17.0. The van der Waals surface area contributed by atoms with Crippen molar-refractivity contribution in [2.45, 2.75) is 26.3 Å². The Labute approximate surface area is 141 Å². The van der Waals surface area contributed by atoms with Crippen LogP contribution in [-0.2, 0) is 6.42 Å². The maximum atomic E-state index is 12.7. The van der Waals surface area contributed by atoms with Gasteiger partial charge in [-0.05, 0) is 42.7 Å². The maximum Gasteiger partial charge on any atom is 0.264 e. The van der Waals surface area contributed by atoms with Gasteiger partial charge in [-0.1, -0.05) is 19.1 Å². The van der Waals surface area contributed by atoms with Crippen molar-refractivity contribution in [2.75, 3.05) is 20.8 Å². The Morgan fingerprint density at radius 1 is 1.35 bits per heavy atom. The molecule has 0 saturated carbocycles. The Hall–Kier alpha value is -1.85. The summed E-state index contributed by atoms with van der Waals surface area (Å²) < 4.78 is 5.15. The first kappa shape index (κ1) is 17.5. The number of aryl methyl sites for hydroxylation is 2. The molecule has 5 heteroatoms. The van der Waals surface area contributed by atoms with Crippen LogP contribution in [-0.4, -0.2) is 36.7 Å². The first-order chi connectivity index (χ1) is 11.0. The maximum absolute atomic E-state index is 12.7. The van der Waals surface area contributed by atoms with Gasteiger partial charge < -0.3 is 14.7 Å². The molecule has 2 rings (SSSR count). The first-order valence-corrected chi connectivity index (χ1v) is 8.44. The largest absolute Gasteiger partial charge is 0.497 e. The molecule has 1 unspecified atom stereocenters. The highest BCUT2D eigenvalue weighted by atomic mass is 32.1. The van der Waals surface area contributed by atoms with Gasteiger partial charge in [0.2, 0.25) is 0 Å². The van der Waals surface area contributed by atoms with Crippen molar-refractivity contribution in [2.24, 2.45) is 0 Å². The number of likely N-dealkylation sites (N-methyl/N-ethyl adjacent to an activating group) is 1. The van der Waals surface area contributed by atoms with Crippen molar-refractivity contribution in [3.8, 4) is 5.75 Å². The predicted molar refractivity (Wildman–Crippen MR) is 93.3 cm³/mol. The molecule has 1 atom stereocenters. The van der Waals surface area contributed by atoms with Gasteiger partial charge >= 0.3 is 0 Å². The minimum Gasteiger partial charge on any atom is -0.497 e. The van der Waals surface area contributed by atoms with Gasteiger partial charge in [-0.15, -0.1) is 11.3 Å². The van der Waals surface area contributed by atoms with Crippen LogP contribution in [0.5, 0.6) is 5.75 Å². The molecule has 0 aliphatic rings. The van der Waals surface area contributed by atoms with Gasteiger partial charge in [0.15, 0.2) is 0 Å². The zero-order valence-electron chi connectivity index (χ0n) is 14.0. The molecule has 1 N–H and O–H groups in total. The summed E-state index contributed by atoms with van der Waals surface area (Å²) in [5.41, 5.74) is 2.03. The summed E-state index contributed by atoms with van der Waals surface area (Å²) in [6, 6.07) is 8.98. The summed E-state index contributed by atoms with van der Waals surface area (Å²) in [7, 11) is 3.34. The van der Waals surface area contributed by atoms with Crippen LogP contribution in [0, 0.1) is 6.92 Å². The van der Waals surface area contributed by atoms with Crippen molar-refractivity contribution >= 4 is 17.2 Å². The Kier molecular flexibility index (Phi) is 5.80. The fraction of sp³-hybridized carbons (Fsp3) is 0.389. The van der Waals surface area contributed by atoms with E-state index < -0.39 is 0 Å². The number of nitrogens with zero attached hydrogens (tertiary/aromatic N) is 1. The SMILES string of the molecule is CCc1sc(C(=O)N(C)C(CO)c2ccc(OC)cc2)cc1C. The van der Waals surface area contributed by atoms with Crippen LogP contribution >= 0.6 is 11.3 Å². The molecule has 0 bridgehead atoms. The van der Waals surface area contributed by atoms with Gasteiger partial charge in [0.25, 0.3) is 5.91 Å². The van der Waals surface area contributed by atoms with Crippen LogP contribution in [0.1, 0.15) is 38.6 Å². The summed E-state index contributed by atoms with van der Waals surface area (Å²) in [6.07, 6.45) is 0.926. The molecule has 2 aromatic rings. The minimum absolute atomic E-state index is 0.0623. The van der Waals surface area contributed by atoms with E-state index in [1.807, 2.05) is 37.3 Å². The zero-order valence-corrected chi connectivity index (χ0v) is 14.8. The van der Waals surface area contributed by atoms with Crippen molar-refractivity contribution in [3.05, 3.63) is 51.2 Å². The Bertz CT molecular complexity index is 663. The van der Waals surface area contributed by atoms with Gasteiger partial charge in [0, 0.05) is 11.9 Å². The lowest BCUT2D eigenvalue weighted by atomic mass is 10.1. The number of ether oxygens (including phenoxy) is 1. The van der Waals surface area contributed by atoms with E-state index in [1.165, 1.54) is 16.2 Å². The molecule has 0 aliphatic heterocycles. The molecule has 1 amide bonds. The quantitative estimate of drug-likeness (QED) is 0.881. The van der Waals surface area contributed by atoms with Crippen LogP contribution in [0.2, 0.25) is 0 Å². The normalized spacial score (nSPS) is 12.0. The molecule has 124 valence electrons. The van der Waals surface area contributed by atoms with E-state index in [2.05, 4.69) is 6.92 Å². The molecule has 23 heavy (non-hydrogen) atoms. The van der Waals surface area contributed by atoms with Gasteiger partial charge in [0.05, 0.1) is 24.6 Å². The van der Waals surface area contributed by atoms with Crippen molar-refractivity contribution in [1.82, 2.24) is 4.90 Å². The number of aliphatic hydroxyl groups is 1. The number of carbonyl (C=O) groups is 1. The third kappa shape index (κ3) is 3.74. The van der Waals surface area contributed by atoms with Crippen LogP contribution in [0.4, 0.5) is 0 Å². The van der Waals surface area contributed by atoms with Crippen molar-refractivity contribution < 1.29 is 14.6 Å². The van der Waals surface area contributed by atoms with E-state index in [-0.39, 0.29) is 18.6 Å². The molecule has 0 aliphatic carbocycles. The van der Waals surface area contributed by atoms with E-state index in [4.69, 9.17) is 4.74 Å². The molecular weight excluding hydrogens is 310 g/mol. The fourth-order valence-electron chi connectivity index (χ4n) is 2.57. The number of thiophene rings is 1. The molecule has 1 aromatic heterocycles. The number of hydrogen-bond acceptors (Lipinski definition) is 4. The predicted octanol–water partition coefficient (Wildman–Crippen LogP) is 3.43. The Balaban J connectivity index is 2.23. The van der Waals surface area contributed by atoms with Crippen LogP contribution in [0.25, 0.3) is 0 Å². The first-order valence-electron chi connectivity index (χ1n) is 7.63. The number of hydrogen-bond donors (Lipinski definition) is 1. The molecule has 0 spiro atoms. The second-order valence-electron chi connectivity index (χ2n) is 5.46. The number of carbonyl (C=O) groups excluding carboxylic acids is 1. The highest BCUT2D eigenvalue weighted by Gasteiger charge is 2.24. The average molecular weight is 333 g/mol. The number of aliphatic hydroxyl groups excluding tert-OH is 1. The van der Waals surface area contributed by atoms with Crippen molar-refractivity contribution in [3.63, 3.8) is 0 Å². The molecule has 1 aromatic carbocycles. The molecule has 0 saturated heterocycles. The van der Waals surface area contributed by atoms with E-state index in [9.17, 15) is 9.90 Å². The van der Waals surface area contributed by atoms with Gasteiger partial charge in [-0.25, -0.2) is 0 Å². The molecule has 0 fully saturated rings. The molecule has 4 nitrogen and oxygen atoms in total. The number of methoxy groups -OCH3 is 1.